The highest BCUT2D eigenvalue weighted by Gasteiger charge is 2.31. The van der Waals surface area contributed by atoms with Crippen LogP contribution in [0.5, 0.6) is 0 Å². The Morgan fingerprint density at radius 2 is 1.88 bits per heavy atom. The minimum absolute atomic E-state index is 0.437. The molecule has 0 amide bonds. The summed E-state index contributed by atoms with van der Waals surface area (Å²) in [6.07, 6.45) is 4.81. The fourth-order valence-corrected chi connectivity index (χ4v) is 3.91. The Kier molecular flexibility index (Phi) is 3.37. The second-order valence-electron chi connectivity index (χ2n) is 7.01. The number of benzene rings is 2. The van der Waals surface area contributed by atoms with Crippen LogP contribution in [0.3, 0.4) is 0 Å². The van der Waals surface area contributed by atoms with E-state index in [0.717, 1.165) is 24.9 Å². The van der Waals surface area contributed by atoms with Crippen LogP contribution in [0.1, 0.15) is 55.0 Å². The van der Waals surface area contributed by atoms with Gasteiger partial charge >= 0.3 is 0 Å². The molecule has 4 nitrogen and oxygen atoms in total. The predicted molar refractivity (Wildman–Crippen MR) is 92.6 cm³/mol. The molecule has 3 aromatic rings. The molecular formula is C20H21N3O. The van der Waals surface area contributed by atoms with Crippen LogP contribution in [0, 0.1) is 0 Å². The van der Waals surface area contributed by atoms with Crippen molar-refractivity contribution >= 4 is 10.8 Å². The normalized spacial score (nSPS) is 21.6. The maximum Gasteiger partial charge on any atom is 0.230 e. The average molecular weight is 319 g/mol. The molecule has 1 aliphatic heterocycles. The molecule has 1 aliphatic carbocycles. The van der Waals surface area contributed by atoms with E-state index < -0.39 is 0 Å². The maximum absolute atomic E-state index is 5.88. The third-order valence-corrected chi connectivity index (χ3v) is 5.29. The molecule has 122 valence electrons. The van der Waals surface area contributed by atoms with Crippen molar-refractivity contribution in [3.8, 4) is 0 Å². The van der Waals surface area contributed by atoms with Crippen LogP contribution in [-0.4, -0.2) is 21.6 Å². The number of rotatable bonds is 4. The van der Waals surface area contributed by atoms with Crippen LogP contribution in [-0.2, 0) is 6.54 Å². The predicted octanol–water partition coefficient (Wildman–Crippen LogP) is 4.44. The minimum Gasteiger partial charge on any atom is -0.424 e. The Labute approximate surface area is 141 Å². The summed E-state index contributed by atoms with van der Waals surface area (Å²) in [5.41, 5.74) is 1.42. The van der Waals surface area contributed by atoms with Gasteiger partial charge in [-0.25, -0.2) is 0 Å². The molecule has 0 N–H and O–H groups in total. The Balaban J connectivity index is 1.43. The van der Waals surface area contributed by atoms with Gasteiger partial charge in [-0.05, 0) is 48.6 Å². The summed E-state index contributed by atoms with van der Waals surface area (Å²) >= 11 is 0. The molecule has 1 atom stereocenters. The van der Waals surface area contributed by atoms with E-state index >= 15 is 0 Å². The summed E-state index contributed by atoms with van der Waals surface area (Å²) in [6.45, 7) is 1.85. The summed E-state index contributed by atoms with van der Waals surface area (Å²) in [5.74, 6) is 2.13. The van der Waals surface area contributed by atoms with Gasteiger partial charge in [-0.1, -0.05) is 42.5 Å². The molecule has 0 spiro atoms. The highest BCUT2D eigenvalue weighted by molar-refractivity contribution is 5.86. The highest BCUT2D eigenvalue weighted by atomic mass is 16.4. The molecule has 1 saturated carbocycles. The molecule has 24 heavy (non-hydrogen) atoms. The van der Waals surface area contributed by atoms with E-state index in [-0.39, 0.29) is 0 Å². The molecule has 1 unspecified atom stereocenters. The molecule has 1 aromatic heterocycles. The monoisotopic (exact) mass is 319 g/mol. The molecular weight excluding hydrogens is 298 g/mol. The van der Waals surface area contributed by atoms with Gasteiger partial charge in [-0.3, -0.25) is 4.90 Å². The fraction of sp³-hybridized carbons (Fsp3) is 0.400. The largest absolute Gasteiger partial charge is 0.424 e. The SMILES string of the molecule is c1ccc2c(C3CCCN3Cc3nnc(C4CC4)o3)cccc2c1. The van der Waals surface area contributed by atoms with Gasteiger partial charge < -0.3 is 4.42 Å². The summed E-state index contributed by atoms with van der Waals surface area (Å²) in [4.78, 5) is 2.49. The summed E-state index contributed by atoms with van der Waals surface area (Å²) < 4.78 is 5.88. The van der Waals surface area contributed by atoms with Gasteiger partial charge in [0.2, 0.25) is 11.8 Å². The number of fused-ring (bicyclic) bond motifs is 1. The maximum atomic E-state index is 5.88. The van der Waals surface area contributed by atoms with Gasteiger partial charge in [0.15, 0.2) is 0 Å². The Morgan fingerprint density at radius 1 is 1.00 bits per heavy atom. The van der Waals surface area contributed by atoms with Crippen molar-refractivity contribution in [2.75, 3.05) is 6.54 Å². The molecule has 2 aromatic carbocycles. The van der Waals surface area contributed by atoms with Gasteiger partial charge in [0.1, 0.15) is 0 Å². The van der Waals surface area contributed by atoms with Crippen LogP contribution < -0.4 is 0 Å². The molecule has 5 rings (SSSR count). The lowest BCUT2D eigenvalue weighted by Crippen LogP contribution is -2.23. The topological polar surface area (TPSA) is 42.2 Å². The number of hydrogen-bond acceptors (Lipinski definition) is 4. The van der Waals surface area contributed by atoms with Crippen LogP contribution in [0.4, 0.5) is 0 Å². The molecule has 2 heterocycles. The lowest BCUT2D eigenvalue weighted by molar-refractivity contribution is 0.222. The number of aromatic nitrogens is 2. The third-order valence-electron chi connectivity index (χ3n) is 5.29. The Bertz CT molecular complexity index is 863. The second-order valence-corrected chi connectivity index (χ2v) is 7.01. The van der Waals surface area contributed by atoms with Crippen molar-refractivity contribution < 1.29 is 4.42 Å². The van der Waals surface area contributed by atoms with Gasteiger partial charge in [0, 0.05) is 12.0 Å². The number of likely N-dealkylation sites (tertiary alicyclic amines) is 1. The Hall–Kier alpha value is -2.20. The van der Waals surface area contributed by atoms with E-state index in [4.69, 9.17) is 4.42 Å². The van der Waals surface area contributed by atoms with Gasteiger partial charge in [-0.2, -0.15) is 0 Å². The van der Waals surface area contributed by atoms with E-state index in [0.29, 0.717) is 12.0 Å². The van der Waals surface area contributed by atoms with Crippen molar-refractivity contribution in [3.63, 3.8) is 0 Å². The zero-order chi connectivity index (χ0) is 15.9. The third kappa shape index (κ3) is 2.51. The molecule has 2 fully saturated rings. The molecule has 0 bridgehead atoms. The molecule has 2 aliphatic rings. The summed E-state index contributed by atoms with van der Waals surface area (Å²) in [6, 6.07) is 15.7. The molecule has 0 radical (unpaired) electrons. The van der Waals surface area contributed by atoms with E-state index in [2.05, 4.69) is 57.6 Å². The van der Waals surface area contributed by atoms with Crippen LogP contribution in [0.25, 0.3) is 10.8 Å². The lowest BCUT2D eigenvalue weighted by Gasteiger charge is -2.24. The second kappa shape index (κ2) is 5.71. The number of hydrogen-bond donors (Lipinski definition) is 0. The summed E-state index contributed by atoms with van der Waals surface area (Å²) in [7, 11) is 0. The summed E-state index contributed by atoms with van der Waals surface area (Å²) in [5, 5.41) is 11.2. The van der Waals surface area contributed by atoms with E-state index in [1.165, 1.54) is 42.0 Å². The van der Waals surface area contributed by atoms with Crippen LogP contribution in [0.2, 0.25) is 0 Å². The van der Waals surface area contributed by atoms with Crippen molar-refractivity contribution in [1.29, 1.82) is 0 Å². The molecule has 4 heteroatoms. The Morgan fingerprint density at radius 3 is 2.79 bits per heavy atom. The molecule has 1 saturated heterocycles. The first kappa shape index (κ1) is 14.2. The van der Waals surface area contributed by atoms with Crippen LogP contribution >= 0.6 is 0 Å². The van der Waals surface area contributed by atoms with Crippen molar-refractivity contribution in [1.82, 2.24) is 15.1 Å². The lowest BCUT2D eigenvalue weighted by atomic mass is 9.97. The van der Waals surface area contributed by atoms with E-state index in [1.807, 2.05) is 0 Å². The van der Waals surface area contributed by atoms with E-state index in [1.54, 1.807) is 0 Å². The van der Waals surface area contributed by atoms with Gasteiger partial charge in [-0.15, -0.1) is 10.2 Å². The van der Waals surface area contributed by atoms with Crippen molar-refractivity contribution in [2.24, 2.45) is 0 Å². The van der Waals surface area contributed by atoms with Crippen LogP contribution in [0.15, 0.2) is 46.9 Å². The minimum atomic E-state index is 0.437. The van der Waals surface area contributed by atoms with Gasteiger partial charge in [0.25, 0.3) is 0 Å². The fourth-order valence-electron chi connectivity index (χ4n) is 3.91. The zero-order valence-electron chi connectivity index (χ0n) is 13.7. The smallest absolute Gasteiger partial charge is 0.230 e. The first-order valence-electron chi connectivity index (χ1n) is 8.92. The first-order chi connectivity index (χ1) is 11.9. The highest BCUT2D eigenvalue weighted by Crippen LogP contribution is 2.40. The average Bonchev–Trinajstić information content (AvgIpc) is 3.20. The number of nitrogens with zero attached hydrogens (tertiary/aromatic N) is 3. The first-order valence-corrected chi connectivity index (χ1v) is 8.92. The van der Waals surface area contributed by atoms with E-state index in [9.17, 15) is 0 Å². The quantitative estimate of drug-likeness (QED) is 0.713. The standard InChI is InChI=1S/C20H21N3O/c1-2-7-16-14(5-1)6-3-8-17(16)18-9-4-12-23(18)13-19-21-22-20(24-19)15-10-11-15/h1-3,5-8,15,18H,4,9-13H2. The van der Waals surface area contributed by atoms with Crippen molar-refractivity contribution in [2.45, 2.75) is 44.2 Å². The zero-order valence-corrected chi connectivity index (χ0v) is 13.7. The van der Waals surface area contributed by atoms with Gasteiger partial charge in [0.05, 0.1) is 6.54 Å². The van der Waals surface area contributed by atoms with Crippen molar-refractivity contribution in [3.05, 3.63) is 59.8 Å².